The number of nitrogens with zero attached hydrogens (tertiary/aromatic N) is 1. The molecule has 27 heavy (non-hydrogen) atoms. The van der Waals surface area contributed by atoms with Crippen molar-refractivity contribution in [1.29, 1.82) is 0 Å². The van der Waals surface area contributed by atoms with Gasteiger partial charge in [-0.05, 0) is 56.0 Å². The van der Waals surface area contributed by atoms with Gasteiger partial charge < -0.3 is 5.32 Å². The molecule has 2 aromatic rings. The molecule has 0 aliphatic carbocycles. The highest BCUT2D eigenvalue weighted by molar-refractivity contribution is 7.92. The summed E-state index contributed by atoms with van der Waals surface area (Å²) in [6, 6.07) is 14.1. The second-order valence-electron chi connectivity index (χ2n) is 6.88. The maximum absolute atomic E-state index is 12.9. The summed E-state index contributed by atoms with van der Waals surface area (Å²) in [6.45, 7) is 7.49. The first-order valence-corrected chi connectivity index (χ1v) is 10.9. The number of amides is 1. The summed E-state index contributed by atoms with van der Waals surface area (Å²) in [5.41, 5.74) is 3.54. The summed E-state index contributed by atoms with van der Waals surface area (Å²) in [6.07, 6.45) is 1.84. The van der Waals surface area contributed by atoms with Crippen LogP contribution in [0, 0.1) is 13.8 Å². The van der Waals surface area contributed by atoms with Gasteiger partial charge in [-0.15, -0.1) is 0 Å². The third kappa shape index (κ3) is 5.10. The minimum atomic E-state index is -3.63. The third-order valence-corrected chi connectivity index (χ3v) is 6.00. The van der Waals surface area contributed by atoms with Gasteiger partial charge in [-0.2, -0.15) is 0 Å². The molecule has 0 aliphatic heterocycles. The number of aryl methyl sites for hydroxylation is 2. The number of sulfonamides is 1. The topological polar surface area (TPSA) is 66.5 Å². The van der Waals surface area contributed by atoms with Gasteiger partial charge in [0, 0.05) is 0 Å². The van der Waals surface area contributed by atoms with E-state index in [1.165, 1.54) is 4.31 Å². The van der Waals surface area contributed by atoms with Crippen LogP contribution in [0.15, 0.2) is 48.5 Å². The minimum Gasteiger partial charge on any atom is -0.347 e. The van der Waals surface area contributed by atoms with E-state index >= 15 is 0 Å². The first-order chi connectivity index (χ1) is 12.6. The Morgan fingerprint density at radius 2 is 1.70 bits per heavy atom. The van der Waals surface area contributed by atoms with E-state index in [0.29, 0.717) is 12.1 Å². The molecule has 0 fully saturated rings. The minimum absolute atomic E-state index is 0.165. The van der Waals surface area contributed by atoms with Crippen molar-refractivity contribution in [2.24, 2.45) is 0 Å². The lowest BCUT2D eigenvalue weighted by molar-refractivity contribution is -0.122. The van der Waals surface area contributed by atoms with Crippen LogP contribution in [0.1, 0.15) is 43.0 Å². The Hall–Kier alpha value is -2.34. The molecule has 1 amide bonds. The number of carbonyl (C=O) groups is 1. The highest BCUT2D eigenvalue weighted by atomic mass is 32.2. The molecule has 6 heteroatoms. The summed E-state index contributed by atoms with van der Waals surface area (Å²) < 4.78 is 26.1. The van der Waals surface area contributed by atoms with Gasteiger partial charge in [0.25, 0.3) is 0 Å². The standard InChI is InChI=1S/C21H28N2O3S/c1-6-20(18-10-8-7-9-11-18)22-21(24)17(4)23(27(5,25)26)19-13-12-15(2)16(3)14-19/h7-14,17,20H,6H2,1-5H3,(H,22,24)/t17-,20+/m1/s1. The summed E-state index contributed by atoms with van der Waals surface area (Å²) in [5.74, 6) is -0.325. The Kier molecular flexibility index (Phi) is 6.65. The number of rotatable bonds is 7. The maximum atomic E-state index is 12.9. The summed E-state index contributed by atoms with van der Waals surface area (Å²) >= 11 is 0. The third-order valence-electron chi connectivity index (χ3n) is 4.76. The molecule has 0 unspecified atom stereocenters. The molecule has 0 aliphatic rings. The van der Waals surface area contributed by atoms with Gasteiger partial charge in [-0.3, -0.25) is 9.10 Å². The van der Waals surface area contributed by atoms with Crippen LogP contribution in [0.4, 0.5) is 5.69 Å². The van der Waals surface area contributed by atoms with Gasteiger partial charge in [0.15, 0.2) is 0 Å². The van der Waals surface area contributed by atoms with Crippen molar-refractivity contribution in [2.75, 3.05) is 10.6 Å². The molecule has 0 heterocycles. The second kappa shape index (κ2) is 8.57. The quantitative estimate of drug-likeness (QED) is 0.786. The van der Waals surface area contributed by atoms with E-state index in [0.717, 1.165) is 22.9 Å². The fourth-order valence-electron chi connectivity index (χ4n) is 3.07. The lowest BCUT2D eigenvalue weighted by atomic mass is 10.0. The van der Waals surface area contributed by atoms with Crippen molar-refractivity contribution in [1.82, 2.24) is 5.32 Å². The second-order valence-corrected chi connectivity index (χ2v) is 8.74. The van der Waals surface area contributed by atoms with E-state index in [1.54, 1.807) is 19.1 Å². The van der Waals surface area contributed by atoms with Gasteiger partial charge in [0.05, 0.1) is 18.0 Å². The van der Waals surface area contributed by atoms with Crippen molar-refractivity contribution in [3.63, 3.8) is 0 Å². The van der Waals surface area contributed by atoms with Gasteiger partial charge in [-0.1, -0.05) is 43.3 Å². The Balaban J connectivity index is 2.30. The normalized spacial score (nSPS) is 13.7. The Labute approximate surface area is 162 Å². The zero-order valence-electron chi connectivity index (χ0n) is 16.6. The molecule has 0 radical (unpaired) electrons. The molecule has 0 saturated carbocycles. The number of benzene rings is 2. The zero-order valence-corrected chi connectivity index (χ0v) is 17.4. The molecule has 5 nitrogen and oxygen atoms in total. The molecular weight excluding hydrogens is 360 g/mol. The molecule has 0 spiro atoms. The van der Waals surface area contributed by atoms with Crippen LogP contribution in [-0.2, 0) is 14.8 Å². The van der Waals surface area contributed by atoms with Crippen LogP contribution in [0.25, 0.3) is 0 Å². The molecule has 0 bridgehead atoms. The Morgan fingerprint density at radius 3 is 2.22 bits per heavy atom. The number of nitrogens with one attached hydrogen (secondary N) is 1. The van der Waals surface area contributed by atoms with Crippen LogP contribution in [-0.4, -0.2) is 26.6 Å². The lowest BCUT2D eigenvalue weighted by Crippen LogP contribution is -2.48. The first kappa shape index (κ1) is 21.0. The Bertz CT molecular complexity index is 895. The zero-order chi connectivity index (χ0) is 20.2. The molecule has 2 rings (SSSR count). The van der Waals surface area contributed by atoms with E-state index in [-0.39, 0.29) is 11.9 Å². The van der Waals surface area contributed by atoms with Crippen LogP contribution in [0.2, 0.25) is 0 Å². The fraction of sp³-hybridized carbons (Fsp3) is 0.381. The molecule has 0 saturated heterocycles. The van der Waals surface area contributed by atoms with Gasteiger partial charge in [-0.25, -0.2) is 8.42 Å². The molecular formula is C21H28N2O3S. The van der Waals surface area contributed by atoms with Gasteiger partial charge in [0.1, 0.15) is 6.04 Å². The molecule has 0 aromatic heterocycles. The SMILES string of the molecule is CC[C@H](NC(=O)[C@@H](C)N(c1ccc(C)c(C)c1)S(C)(=O)=O)c1ccccc1. The lowest BCUT2D eigenvalue weighted by Gasteiger charge is -2.30. The summed E-state index contributed by atoms with van der Waals surface area (Å²) in [7, 11) is -3.63. The highest BCUT2D eigenvalue weighted by Gasteiger charge is 2.30. The molecule has 146 valence electrons. The van der Waals surface area contributed by atoms with Crippen LogP contribution >= 0.6 is 0 Å². The van der Waals surface area contributed by atoms with E-state index in [1.807, 2.05) is 57.2 Å². The van der Waals surface area contributed by atoms with E-state index in [2.05, 4.69) is 5.32 Å². The van der Waals surface area contributed by atoms with Crippen molar-refractivity contribution >= 4 is 21.6 Å². The predicted molar refractivity (Wildman–Crippen MR) is 110 cm³/mol. The van der Waals surface area contributed by atoms with E-state index < -0.39 is 16.1 Å². The van der Waals surface area contributed by atoms with E-state index in [9.17, 15) is 13.2 Å². The summed E-state index contributed by atoms with van der Waals surface area (Å²) in [5, 5.41) is 2.99. The fourth-order valence-corrected chi connectivity index (χ4v) is 4.24. The average molecular weight is 389 g/mol. The van der Waals surface area contributed by atoms with Crippen molar-refractivity contribution in [2.45, 2.75) is 46.2 Å². The Morgan fingerprint density at radius 1 is 1.07 bits per heavy atom. The van der Waals surface area contributed by atoms with Gasteiger partial charge in [0.2, 0.25) is 15.9 Å². The number of hydrogen-bond acceptors (Lipinski definition) is 3. The van der Waals surface area contributed by atoms with Crippen molar-refractivity contribution < 1.29 is 13.2 Å². The largest absolute Gasteiger partial charge is 0.347 e. The molecule has 1 N–H and O–H groups in total. The van der Waals surface area contributed by atoms with Crippen molar-refractivity contribution in [3.8, 4) is 0 Å². The van der Waals surface area contributed by atoms with Crippen LogP contribution in [0.5, 0.6) is 0 Å². The van der Waals surface area contributed by atoms with Gasteiger partial charge >= 0.3 is 0 Å². The number of hydrogen-bond donors (Lipinski definition) is 1. The first-order valence-electron chi connectivity index (χ1n) is 9.07. The smallest absolute Gasteiger partial charge is 0.244 e. The summed E-state index contributed by atoms with van der Waals surface area (Å²) in [4.78, 5) is 12.9. The number of anilines is 1. The molecule has 2 atom stereocenters. The maximum Gasteiger partial charge on any atom is 0.244 e. The van der Waals surface area contributed by atoms with Crippen molar-refractivity contribution in [3.05, 3.63) is 65.2 Å². The predicted octanol–water partition coefficient (Wildman–Crippen LogP) is 3.73. The van der Waals surface area contributed by atoms with Crippen LogP contribution < -0.4 is 9.62 Å². The molecule has 2 aromatic carbocycles. The average Bonchev–Trinajstić information content (AvgIpc) is 2.62. The van der Waals surface area contributed by atoms with Crippen LogP contribution in [0.3, 0.4) is 0 Å². The highest BCUT2D eigenvalue weighted by Crippen LogP contribution is 2.24. The van der Waals surface area contributed by atoms with E-state index in [4.69, 9.17) is 0 Å². The number of carbonyl (C=O) groups excluding carboxylic acids is 1. The monoisotopic (exact) mass is 388 g/mol.